The number of hydrogen-bond donors (Lipinski definition) is 2. The standard InChI is InChI=1S/C26H26N4O3/c1-17-12-25(31)29-23-8-7-20(14-21(17)23)28-26(32)22-13-18(4-5-19-15-27-33-16-19)6-9-24(22)30-10-2-3-11-30/h6-9,12-16H,2-5,10-11H2,1H3,(H,28,32)(H,29,31). The van der Waals surface area contributed by atoms with E-state index in [1.54, 1.807) is 18.5 Å². The summed E-state index contributed by atoms with van der Waals surface area (Å²) in [7, 11) is 0. The van der Waals surface area contributed by atoms with Gasteiger partial charge >= 0.3 is 0 Å². The molecule has 0 unspecified atom stereocenters. The van der Waals surface area contributed by atoms with Crippen molar-refractivity contribution < 1.29 is 9.32 Å². The van der Waals surface area contributed by atoms with E-state index >= 15 is 0 Å². The molecule has 0 atom stereocenters. The molecular weight excluding hydrogens is 416 g/mol. The molecule has 4 aromatic rings. The third kappa shape index (κ3) is 4.53. The smallest absolute Gasteiger partial charge is 0.257 e. The number of hydrogen-bond acceptors (Lipinski definition) is 5. The predicted octanol–water partition coefficient (Wildman–Crippen LogP) is 4.46. The average Bonchev–Trinajstić information content (AvgIpc) is 3.52. The van der Waals surface area contributed by atoms with Crippen molar-refractivity contribution in [2.75, 3.05) is 23.3 Å². The second kappa shape index (κ2) is 8.94. The number of carbonyl (C=O) groups is 1. The van der Waals surface area contributed by atoms with Crippen LogP contribution in [-0.2, 0) is 12.8 Å². The molecule has 0 saturated carbocycles. The normalized spacial score (nSPS) is 13.5. The van der Waals surface area contributed by atoms with E-state index in [2.05, 4.69) is 32.5 Å². The van der Waals surface area contributed by atoms with Crippen molar-refractivity contribution in [3.05, 3.63) is 87.5 Å². The van der Waals surface area contributed by atoms with E-state index in [-0.39, 0.29) is 11.5 Å². The lowest BCUT2D eigenvalue weighted by atomic mass is 10.0. The first-order valence-corrected chi connectivity index (χ1v) is 11.3. The van der Waals surface area contributed by atoms with Gasteiger partial charge in [-0.3, -0.25) is 9.59 Å². The van der Waals surface area contributed by atoms with Crippen LogP contribution in [0.15, 0.2) is 64.2 Å². The first-order chi connectivity index (χ1) is 16.1. The fourth-order valence-electron chi connectivity index (χ4n) is 4.49. The van der Waals surface area contributed by atoms with Crippen molar-refractivity contribution in [3.8, 4) is 0 Å². The first kappa shape index (κ1) is 21.0. The summed E-state index contributed by atoms with van der Waals surface area (Å²) in [5, 5.41) is 7.74. The van der Waals surface area contributed by atoms with Crippen LogP contribution in [0.4, 0.5) is 11.4 Å². The minimum absolute atomic E-state index is 0.130. The molecule has 0 aliphatic carbocycles. The molecule has 0 radical (unpaired) electrons. The lowest BCUT2D eigenvalue weighted by Gasteiger charge is -2.22. The molecule has 1 fully saturated rings. The fraction of sp³-hybridized carbons (Fsp3) is 0.269. The number of nitrogens with zero attached hydrogens (tertiary/aromatic N) is 2. The van der Waals surface area contributed by atoms with Crippen molar-refractivity contribution >= 4 is 28.2 Å². The Morgan fingerprint density at radius 1 is 1.09 bits per heavy atom. The molecule has 5 rings (SSSR count). The largest absolute Gasteiger partial charge is 0.371 e. The van der Waals surface area contributed by atoms with Crippen LogP contribution in [0.2, 0.25) is 0 Å². The summed E-state index contributed by atoms with van der Waals surface area (Å²) < 4.78 is 4.92. The van der Waals surface area contributed by atoms with Gasteiger partial charge in [0.25, 0.3) is 5.91 Å². The average molecular weight is 443 g/mol. The molecule has 33 heavy (non-hydrogen) atoms. The van der Waals surface area contributed by atoms with Crippen molar-refractivity contribution in [3.63, 3.8) is 0 Å². The van der Waals surface area contributed by atoms with Gasteiger partial charge in [-0.2, -0.15) is 0 Å². The molecule has 7 nitrogen and oxygen atoms in total. The number of nitrogens with one attached hydrogen (secondary N) is 2. The van der Waals surface area contributed by atoms with Crippen molar-refractivity contribution in [2.45, 2.75) is 32.6 Å². The molecule has 1 aliphatic heterocycles. The van der Waals surface area contributed by atoms with Gasteiger partial charge in [0.15, 0.2) is 0 Å². The highest BCUT2D eigenvalue weighted by Gasteiger charge is 2.20. The van der Waals surface area contributed by atoms with Gasteiger partial charge in [-0.1, -0.05) is 11.2 Å². The monoisotopic (exact) mass is 442 g/mol. The maximum atomic E-state index is 13.4. The van der Waals surface area contributed by atoms with Crippen LogP contribution >= 0.6 is 0 Å². The Morgan fingerprint density at radius 2 is 1.91 bits per heavy atom. The van der Waals surface area contributed by atoms with Gasteiger partial charge in [0.1, 0.15) is 6.26 Å². The molecule has 2 aromatic carbocycles. The van der Waals surface area contributed by atoms with Gasteiger partial charge in [-0.25, -0.2) is 0 Å². The Bertz CT molecular complexity index is 1350. The number of H-pyrrole nitrogens is 1. The number of benzene rings is 2. The molecule has 2 N–H and O–H groups in total. The van der Waals surface area contributed by atoms with Crippen LogP contribution in [0.1, 0.15) is 39.9 Å². The van der Waals surface area contributed by atoms with Gasteiger partial charge in [0, 0.05) is 47.0 Å². The summed E-state index contributed by atoms with van der Waals surface area (Å²) in [5.74, 6) is -0.134. The van der Waals surface area contributed by atoms with E-state index in [1.807, 2.05) is 31.2 Å². The van der Waals surface area contributed by atoms with Gasteiger partial charge in [0.05, 0.1) is 11.8 Å². The topological polar surface area (TPSA) is 91.2 Å². The minimum atomic E-state index is -0.134. The number of aryl methyl sites for hydroxylation is 3. The molecule has 1 amide bonds. The van der Waals surface area contributed by atoms with E-state index in [9.17, 15) is 9.59 Å². The third-order valence-corrected chi connectivity index (χ3v) is 6.25. The third-order valence-electron chi connectivity index (χ3n) is 6.25. The van der Waals surface area contributed by atoms with Crippen LogP contribution in [0, 0.1) is 6.92 Å². The Balaban J connectivity index is 1.44. The quantitative estimate of drug-likeness (QED) is 0.460. The van der Waals surface area contributed by atoms with Crippen LogP contribution in [0.5, 0.6) is 0 Å². The predicted molar refractivity (Wildman–Crippen MR) is 129 cm³/mol. The molecule has 3 heterocycles. The van der Waals surface area contributed by atoms with E-state index in [0.29, 0.717) is 11.3 Å². The van der Waals surface area contributed by atoms with Crippen LogP contribution in [-0.4, -0.2) is 29.1 Å². The minimum Gasteiger partial charge on any atom is -0.371 e. The van der Waals surface area contributed by atoms with Crippen LogP contribution in [0.3, 0.4) is 0 Å². The van der Waals surface area contributed by atoms with Crippen molar-refractivity contribution in [1.82, 2.24) is 10.1 Å². The molecular formula is C26H26N4O3. The molecule has 1 aliphatic rings. The Hall–Kier alpha value is -3.87. The second-order valence-electron chi connectivity index (χ2n) is 8.61. The van der Waals surface area contributed by atoms with Crippen molar-refractivity contribution in [2.24, 2.45) is 0 Å². The first-order valence-electron chi connectivity index (χ1n) is 11.3. The number of anilines is 2. The Labute approximate surface area is 191 Å². The Morgan fingerprint density at radius 3 is 2.70 bits per heavy atom. The highest BCUT2D eigenvalue weighted by atomic mass is 16.5. The zero-order chi connectivity index (χ0) is 22.8. The number of pyridine rings is 1. The summed E-state index contributed by atoms with van der Waals surface area (Å²) in [4.78, 5) is 30.3. The van der Waals surface area contributed by atoms with Crippen molar-refractivity contribution in [1.29, 1.82) is 0 Å². The van der Waals surface area contributed by atoms with E-state index < -0.39 is 0 Å². The number of carbonyl (C=O) groups excluding carboxylic acids is 1. The fourth-order valence-corrected chi connectivity index (χ4v) is 4.49. The zero-order valence-corrected chi connectivity index (χ0v) is 18.6. The summed E-state index contributed by atoms with van der Waals surface area (Å²) in [5.41, 5.74) is 5.98. The molecule has 0 bridgehead atoms. The van der Waals surface area contributed by atoms with Gasteiger partial charge in [-0.05, 0) is 74.1 Å². The number of aromatic amines is 1. The highest BCUT2D eigenvalue weighted by Crippen LogP contribution is 2.28. The number of amides is 1. The molecule has 0 spiro atoms. The lowest BCUT2D eigenvalue weighted by molar-refractivity contribution is 0.102. The second-order valence-corrected chi connectivity index (χ2v) is 8.61. The number of aromatic nitrogens is 2. The SMILES string of the molecule is Cc1cc(=O)[nH]c2ccc(NC(=O)c3cc(CCc4cnoc4)ccc3N3CCCC3)cc12. The van der Waals surface area contributed by atoms with E-state index in [0.717, 1.165) is 72.1 Å². The molecule has 7 heteroatoms. The molecule has 1 saturated heterocycles. The summed E-state index contributed by atoms with van der Waals surface area (Å²) in [6.45, 7) is 3.82. The van der Waals surface area contributed by atoms with Crippen LogP contribution < -0.4 is 15.8 Å². The summed E-state index contributed by atoms with van der Waals surface area (Å²) >= 11 is 0. The van der Waals surface area contributed by atoms with Gasteiger partial charge in [-0.15, -0.1) is 0 Å². The molecule has 2 aromatic heterocycles. The summed E-state index contributed by atoms with van der Waals surface area (Å²) in [6, 6.07) is 13.3. The lowest BCUT2D eigenvalue weighted by Crippen LogP contribution is -2.23. The van der Waals surface area contributed by atoms with Gasteiger partial charge < -0.3 is 19.7 Å². The molecule has 168 valence electrons. The van der Waals surface area contributed by atoms with Crippen LogP contribution in [0.25, 0.3) is 10.9 Å². The van der Waals surface area contributed by atoms with E-state index in [1.165, 1.54) is 0 Å². The highest BCUT2D eigenvalue weighted by molar-refractivity contribution is 6.09. The summed E-state index contributed by atoms with van der Waals surface area (Å²) in [6.07, 6.45) is 7.25. The maximum absolute atomic E-state index is 13.4. The number of fused-ring (bicyclic) bond motifs is 1. The maximum Gasteiger partial charge on any atom is 0.257 e. The number of rotatable bonds is 6. The van der Waals surface area contributed by atoms with E-state index in [4.69, 9.17) is 4.52 Å². The Kier molecular flexibility index (Phi) is 5.69. The zero-order valence-electron chi connectivity index (χ0n) is 18.6. The van der Waals surface area contributed by atoms with Gasteiger partial charge in [0.2, 0.25) is 5.56 Å².